The third-order valence-corrected chi connectivity index (χ3v) is 5.27. The van der Waals surface area contributed by atoms with Gasteiger partial charge in [0, 0.05) is 42.3 Å². The highest BCUT2D eigenvalue weighted by atomic mass is 35.5. The highest BCUT2D eigenvalue weighted by molar-refractivity contribution is 6.30. The van der Waals surface area contributed by atoms with E-state index in [9.17, 15) is 4.79 Å². The van der Waals surface area contributed by atoms with Crippen LogP contribution in [0.1, 0.15) is 29.2 Å². The molecule has 2 aromatic carbocycles. The molecule has 4 rings (SSSR count). The van der Waals surface area contributed by atoms with Crippen molar-refractivity contribution in [3.8, 4) is 11.5 Å². The molecule has 0 spiro atoms. The molecule has 1 saturated heterocycles. The van der Waals surface area contributed by atoms with Crippen LogP contribution in [0.15, 0.2) is 59.0 Å². The molecule has 1 atom stereocenters. The minimum absolute atomic E-state index is 0.0191. The molecular formula is C21H21ClN4O2. The molecule has 1 aromatic heterocycles. The Morgan fingerprint density at radius 2 is 1.79 bits per heavy atom. The Morgan fingerprint density at radius 3 is 2.50 bits per heavy atom. The SMILES string of the molecule is C[C@H](c1nnc(-c2cccc(Cl)c2)o1)N1CCN(C(=O)c2ccccc2)CC1. The van der Waals surface area contributed by atoms with Crippen molar-refractivity contribution in [1.29, 1.82) is 0 Å². The maximum Gasteiger partial charge on any atom is 0.253 e. The second-order valence-corrected chi connectivity index (χ2v) is 7.26. The van der Waals surface area contributed by atoms with Crippen LogP contribution in [-0.4, -0.2) is 52.1 Å². The monoisotopic (exact) mass is 396 g/mol. The Bertz CT molecular complexity index is 952. The summed E-state index contributed by atoms with van der Waals surface area (Å²) in [5.74, 6) is 1.11. The Kier molecular flexibility index (Phi) is 5.41. The van der Waals surface area contributed by atoms with Crippen molar-refractivity contribution in [2.24, 2.45) is 0 Å². The Labute approximate surface area is 168 Å². The van der Waals surface area contributed by atoms with Gasteiger partial charge in [-0.1, -0.05) is 35.9 Å². The summed E-state index contributed by atoms with van der Waals surface area (Å²) in [5, 5.41) is 9.01. The number of aromatic nitrogens is 2. The maximum absolute atomic E-state index is 12.6. The Morgan fingerprint density at radius 1 is 1.04 bits per heavy atom. The first-order chi connectivity index (χ1) is 13.6. The normalized spacial score (nSPS) is 16.1. The lowest BCUT2D eigenvalue weighted by Gasteiger charge is -2.36. The van der Waals surface area contributed by atoms with Gasteiger partial charge < -0.3 is 9.32 Å². The van der Waals surface area contributed by atoms with Crippen LogP contribution < -0.4 is 0 Å². The van der Waals surface area contributed by atoms with Crippen LogP contribution in [0.4, 0.5) is 0 Å². The number of carbonyl (C=O) groups is 1. The van der Waals surface area contributed by atoms with Crippen molar-refractivity contribution in [3.05, 3.63) is 71.1 Å². The van der Waals surface area contributed by atoms with E-state index in [-0.39, 0.29) is 11.9 Å². The van der Waals surface area contributed by atoms with Gasteiger partial charge in [0.15, 0.2) is 0 Å². The number of piperazine rings is 1. The van der Waals surface area contributed by atoms with Crippen LogP contribution in [0.3, 0.4) is 0 Å². The minimum atomic E-state index is -0.0191. The van der Waals surface area contributed by atoms with E-state index < -0.39 is 0 Å². The minimum Gasteiger partial charge on any atom is -0.419 e. The summed E-state index contributed by atoms with van der Waals surface area (Å²) < 4.78 is 5.88. The summed E-state index contributed by atoms with van der Waals surface area (Å²) in [5.41, 5.74) is 1.53. The van der Waals surface area contributed by atoms with Crippen molar-refractivity contribution < 1.29 is 9.21 Å². The molecule has 2 heterocycles. The Balaban J connectivity index is 1.39. The number of rotatable bonds is 4. The van der Waals surface area contributed by atoms with E-state index in [1.165, 1.54) is 0 Å². The molecule has 1 aliphatic rings. The van der Waals surface area contributed by atoms with E-state index in [0.717, 1.165) is 24.2 Å². The van der Waals surface area contributed by atoms with Crippen LogP contribution >= 0.6 is 11.6 Å². The number of amides is 1. The molecule has 6 nitrogen and oxygen atoms in total. The van der Waals surface area contributed by atoms with E-state index in [1.807, 2.05) is 54.3 Å². The topological polar surface area (TPSA) is 62.5 Å². The first-order valence-corrected chi connectivity index (χ1v) is 9.67. The predicted octanol–water partition coefficient (Wildman–Crippen LogP) is 3.91. The number of nitrogens with zero attached hydrogens (tertiary/aromatic N) is 4. The number of hydrogen-bond acceptors (Lipinski definition) is 5. The van der Waals surface area contributed by atoms with Gasteiger partial charge in [0.1, 0.15) is 0 Å². The Hall–Kier alpha value is -2.70. The lowest BCUT2D eigenvalue weighted by Crippen LogP contribution is -2.49. The number of halogens is 1. The molecule has 1 fully saturated rings. The molecule has 0 N–H and O–H groups in total. The smallest absolute Gasteiger partial charge is 0.253 e. The van der Waals surface area contributed by atoms with E-state index in [4.69, 9.17) is 16.0 Å². The summed E-state index contributed by atoms with van der Waals surface area (Å²) in [7, 11) is 0. The zero-order valence-corrected chi connectivity index (χ0v) is 16.3. The second kappa shape index (κ2) is 8.12. The van der Waals surface area contributed by atoms with Crippen LogP contribution in [0.25, 0.3) is 11.5 Å². The molecular weight excluding hydrogens is 376 g/mol. The van der Waals surface area contributed by atoms with Gasteiger partial charge in [-0.3, -0.25) is 9.69 Å². The molecule has 7 heteroatoms. The lowest BCUT2D eigenvalue weighted by atomic mass is 10.1. The van der Waals surface area contributed by atoms with Gasteiger partial charge in [0.25, 0.3) is 5.91 Å². The standard InChI is InChI=1S/C21H21ClN4O2/c1-15(19-23-24-20(28-19)17-8-5-9-18(22)14-17)25-10-12-26(13-11-25)21(27)16-6-3-2-4-7-16/h2-9,14-15H,10-13H2,1H3/t15-/m1/s1. The number of hydrogen-bond donors (Lipinski definition) is 0. The molecule has 1 amide bonds. The highest BCUT2D eigenvalue weighted by Crippen LogP contribution is 2.26. The van der Waals surface area contributed by atoms with Crippen LogP contribution in [0, 0.1) is 0 Å². The molecule has 0 aliphatic carbocycles. The average molecular weight is 397 g/mol. The summed E-state index contributed by atoms with van der Waals surface area (Å²) in [6.45, 7) is 4.91. The van der Waals surface area contributed by atoms with Gasteiger partial charge in [0.2, 0.25) is 11.8 Å². The average Bonchev–Trinajstić information content (AvgIpc) is 3.24. The van der Waals surface area contributed by atoms with Crippen molar-refractivity contribution >= 4 is 17.5 Å². The fourth-order valence-corrected chi connectivity index (χ4v) is 3.56. The van der Waals surface area contributed by atoms with Crippen molar-refractivity contribution in [3.63, 3.8) is 0 Å². The van der Waals surface area contributed by atoms with Gasteiger partial charge >= 0.3 is 0 Å². The van der Waals surface area contributed by atoms with E-state index in [2.05, 4.69) is 15.1 Å². The molecule has 144 valence electrons. The highest BCUT2D eigenvalue weighted by Gasteiger charge is 2.28. The zero-order valence-electron chi connectivity index (χ0n) is 15.6. The third kappa shape index (κ3) is 3.93. The quantitative estimate of drug-likeness (QED) is 0.669. The van der Waals surface area contributed by atoms with Crippen LogP contribution in [0.5, 0.6) is 0 Å². The summed E-state index contributed by atoms with van der Waals surface area (Å²) in [4.78, 5) is 16.7. The van der Waals surface area contributed by atoms with Gasteiger partial charge in [-0.05, 0) is 37.3 Å². The number of carbonyl (C=O) groups excluding carboxylic acids is 1. The molecule has 28 heavy (non-hydrogen) atoms. The first-order valence-electron chi connectivity index (χ1n) is 9.29. The molecule has 0 unspecified atom stereocenters. The van der Waals surface area contributed by atoms with Crippen molar-refractivity contribution in [1.82, 2.24) is 20.0 Å². The zero-order chi connectivity index (χ0) is 19.5. The molecule has 3 aromatic rings. The fourth-order valence-electron chi connectivity index (χ4n) is 3.37. The molecule has 0 radical (unpaired) electrons. The summed E-state index contributed by atoms with van der Waals surface area (Å²) in [6.07, 6.45) is 0. The van der Waals surface area contributed by atoms with E-state index in [0.29, 0.717) is 29.9 Å². The van der Waals surface area contributed by atoms with Crippen LogP contribution in [0.2, 0.25) is 5.02 Å². The largest absolute Gasteiger partial charge is 0.419 e. The van der Waals surface area contributed by atoms with Gasteiger partial charge in [-0.25, -0.2) is 0 Å². The second-order valence-electron chi connectivity index (χ2n) is 6.83. The predicted molar refractivity (Wildman–Crippen MR) is 107 cm³/mol. The van der Waals surface area contributed by atoms with Gasteiger partial charge in [0.05, 0.1) is 6.04 Å². The summed E-state index contributed by atoms with van der Waals surface area (Å²) in [6, 6.07) is 16.7. The van der Waals surface area contributed by atoms with E-state index in [1.54, 1.807) is 12.1 Å². The van der Waals surface area contributed by atoms with Gasteiger partial charge in [-0.15, -0.1) is 10.2 Å². The summed E-state index contributed by atoms with van der Waals surface area (Å²) >= 11 is 6.04. The van der Waals surface area contributed by atoms with Crippen molar-refractivity contribution in [2.45, 2.75) is 13.0 Å². The number of benzene rings is 2. The maximum atomic E-state index is 12.6. The fraction of sp³-hybridized carbons (Fsp3) is 0.286. The lowest BCUT2D eigenvalue weighted by molar-refractivity contribution is 0.0559. The molecule has 0 bridgehead atoms. The third-order valence-electron chi connectivity index (χ3n) is 5.04. The first kappa shape index (κ1) is 18.7. The van der Waals surface area contributed by atoms with Crippen molar-refractivity contribution in [2.75, 3.05) is 26.2 Å². The van der Waals surface area contributed by atoms with Gasteiger partial charge in [-0.2, -0.15) is 0 Å². The van der Waals surface area contributed by atoms with Crippen LogP contribution in [-0.2, 0) is 0 Å². The molecule has 0 saturated carbocycles. The van der Waals surface area contributed by atoms with E-state index >= 15 is 0 Å². The molecule has 1 aliphatic heterocycles.